The zero-order chi connectivity index (χ0) is 29.5. The van der Waals surface area contributed by atoms with Crippen LogP contribution in [0.3, 0.4) is 0 Å². The minimum atomic E-state index is -0.895. The maximum atomic E-state index is 12.3. The van der Waals surface area contributed by atoms with Crippen LogP contribution < -0.4 is 10.2 Å². The van der Waals surface area contributed by atoms with E-state index in [9.17, 15) is 14.7 Å². The van der Waals surface area contributed by atoms with Crippen LogP contribution in [0.2, 0.25) is 0 Å². The molecule has 2 aromatic carbocycles. The molecule has 2 saturated heterocycles. The van der Waals surface area contributed by atoms with Gasteiger partial charge >= 0.3 is 5.97 Å². The third kappa shape index (κ3) is 7.68. The number of anilines is 2. The van der Waals surface area contributed by atoms with Crippen LogP contribution in [-0.2, 0) is 30.4 Å². The van der Waals surface area contributed by atoms with Crippen molar-refractivity contribution in [1.82, 2.24) is 14.9 Å². The highest BCUT2D eigenvalue weighted by molar-refractivity contribution is 5.94. The lowest BCUT2D eigenvalue weighted by Crippen LogP contribution is -2.50. The second kappa shape index (κ2) is 13.8. The molecule has 222 valence electrons. The third-order valence-corrected chi connectivity index (χ3v) is 7.45. The molecule has 0 bridgehead atoms. The first kappa shape index (κ1) is 29.6. The van der Waals surface area contributed by atoms with Gasteiger partial charge in [0.2, 0.25) is 5.95 Å². The fourth-order valence-corrected chi connectivity index (χ4v) is 5.18. The van der Waals surface area contributed by atoms with Crippen molar-refractivity contribution in [3.63, 3.8) is 0 Å². The number of carbonyl (C=O) groups excluding carboxylic acids is 2. The lowest BCUT2D eigenvalue weighted by atomic mass is 9.99. The van der Waals surface area contributed by atoms with Crippen molar-refractivity contribution in [2.75, 3.05) is 42.9 Å². The number of ether oxygens (including phenoxy) is 3. The molecule has 0 unspecified atom stereocenters. The number of piperazine rings is 1. The highest BCUT2D eigenvalue weighted by Crippen LogP contribution is 2.38. The van der Waals surface area contributed by atoms with Crippen LogP contribution in [-0.4, -0.2) is 76.8 Å². The van der Waals surface area contributed by atoms with Crippen molar-refractivity contribution < 1.29 is 28.9 Å². The van der Waals surface area contributed by atoms with Crippen LogP contribution in [0.15, 0.2) is 67.0 Å². The Hall–Kier alpha value is -3.90. The van der Waals surface area contributed by atoms with Gasteiger partial charge in [0.05, 0.1) is 18.8 Å². The number of aromatic nitrogens is 2. The Balaban J connectivity index is 1.26. The number of hydrogen-bond donors (Lipinski definition) is 2. The van der Waals surface area contributed by atoms with Gasteiger partial charge in [-0.15, -0.1) is 0 Å². The first-order valence-corrected chi connectivity index (χ1v) is 14.2. The van der Waals surface area contributed by atoms with E-state index in [0.717, 1.165) is 55.4 Å². The number of amides is 1. The van der Waals surface area contributed by atoms with Gasteiger partial charge in [0.25, 0.3) is 5.91 Å². The molecular formula is C31H37N5O6. The number of aliphatic hydroxyl groups is 1. The molecule has 5 rings (SSSR count). The maximum Gasteiger partial charge on any atom is 0.303 e. The van der Waals surface area contributed by atoms with Crippen LogP contribution in [0, 0.1) is 0 Å². The van der Waals surface area contributed by atoms with E-state index in [1.165, 1.54) is 13.8 Å². The molecule has 3 aromatic rings. The van der Waals surface area contributed by atoms with E-state index in [1.54, 1.807) is 24.5 Å². The number of aliphatic hydroxyl groups excluding tert-OH is 1. The highest BCUT2D eigenvalue weighted by Gasteiger charge is 2.34. The maximum absolute atomic E-state index is 12.3. The molecule has 0 spiro atoms. The summed E-state index contributed by atoms with van der Waals surface area (Å²) in [5.74, 6) is -0.165. The van der Waals surface area contributed by atoms with E-state index in [2.05, 4.69) is 25.1 Å². The molecule has 0 saturated carbocycles. The number of hydrogen-bond acceptors (Lipinski definition) is 10. The van der Waals surface area contributed by atoms with Crippen LogP contribution >= 0.6 is 0 Å². The summed E-state index contributed by atoms with van der Waals surface area (Å²) in [6, 6.07) is 16.9. The predicted octanol–water partition coefficient (Wildman–Crippen LogP) is 3.23. The summed E-state index contributed by atoms with van der Waals surface area (Å²) in [6.07, 6.45) is 2.46. The average Bonchev–Trinajstić information content (AvgIpc) is 3.02. The molecule has 2 N–H and O–H groups in total. The average molecular weight is 576 g/mol. The summed E-state index contributed by atoms with van der Waals surface area (Å²) in [5, 5.41) is 12.2. The summed E-state index contributed by atoms with van der Waals surface area (Å²) in [5.41, 5.74) is 3.28. The predicted molar refractivity (Wildman–Crippen MR) is 155 cm³/mol. The van der Waals surface area contributed by atoms with E-state index < -0.39 is 24.3 Å². The molecule has 42 heavy (non-hydrogen) atoms. The van der Waals surface area contributed by atoms with Crippen molar-refractivity contribution in [1.29, 1.82) is 0 Å². The summed E-state index contributed by atoms with van der Waals surface area (Å²) < 4.78 is 17.9. The number of benzene rings is 2. The normalized spacial score (nSPS) is 21.9. The summed E-state index contributed by atoms with van der Waals surface area (Å²) >= 11 is 0. The second-order valence-electron chi connectivity index (χ2n) is 10.5. The Morgan fingerprint density at radius 2 is 1.67 bits per heavy atom. The first-order chi connectivity index (χ1) is 20.4. The molecule has 4 atom stereocenters. The quantitative estimate of drug-likeness (QED) is 0.367. The molecule has 2 fully saturated rings. The van der Waals surface area contributed by atoms with Crippen LogP contribution in [0.25, 0.3) is 0 Å². The van der Waals surface area contributed by atoms with Gasteiger partial charge in [-0.3, -0.25) is 14.5 Å². The van der Waals surface area contributed by atoms with E-state index in [0.29, 0.717) is 12.1 Å². The van der Waals surface area contributed by atoms with Gasteiger partial charge in [-0.25, -0.2) is 9.97 Å². The van der Waals surface area contributed by atoms with Gasteiger partial charge in [-0.2, -0.15) is 0 Å². The van der Waals surface area contributed by atoms with Gasteiger partial charge in [0, 0.05) is 69.7 Å². The number of nitrogens with one attached hydrogen (secondary N) is 1. The molecule has 2 aliphatic rings. The lowest BCUT2D eigenvalue weighted by Gasteiger charge is -2.40. The Kier molecular flexibility index (Phi) is 9.75. The van der Waals surface area contributed by atoms with Gasteiger partial charge in [0.15, 0.2) is 12.4 Å². The molecule has 1 amide bonds. The lowest BCUT2D eigenvalue weighted by molar-refractivity contribution is -0.253. The number of nitrogens with zero attached hydrogens (tertiary/aromatic N) is 4. The van der Waals surface area contributed by atoms with Crippen LogP contribution in [0.5, 0.6) is 0 Å². The van der Waals surface area contributed by atoms with Crippen molar-refractivity contribution in [2.45, 2.75) is 51.5 Å². The zero-order valence-corrected chi connectivity index (χ0v) is 23.9. The first-order valence-electron chi connectivity index (χ1n) is 14.2. The summed E-state index contributed by atoms with van der Waals surface area (Å²) in [4.78, 5) is 36.9. The standard InChI is InChI=1S/C31H37N5O6/c1-21(40-22(2)38)29(39)34-26-10-8-25(9-11-26)30-41-27(18-28(42-30)24-6-4-23(20-37)5-7-24)19-35-14-16-36(17-15-35)31-32-12-3-13-33-31/h3-13,21,27-28,30,37H,14-20H2,1-2H3,(H,34,39)/t21-,27-,28+,30+/m0/s1. The number of rotatable bonds is 9. The van der Waals surface area contributed by atoms with E-state index in [4.69, 9.17) is 14.2 Å². The molecule has 11 heteroatoms. The highest BCUT2D eigenvalue weighted by atomic mass is 16.7. The Labute approximate surface area is 245 Å². The van der Waals surface area contributed by atoms with Crippen LogP contribution in [0.1, 0.15) is 49.4 Å². The number of carbonyl (C=O) groups is 2. The molecule has 0 radical (unpaired) electrons. The van der Waals surface area contributed by atoms with Gasteiger partial charge < -0.3 is 29.5 Å². The van der Waals surface area contributed by atoms with Gasteiger partial charge in [0.1, 0.15) is 0 Å². The van der Waals surface area contributed by atoms with E-state index in [-0.39, 0.29) is 18.8 Å². The topological polar surface area (TPSA) is 126 Å². The van der Waals surface area contributed by atoms with Crippen molar-refractivity contribution in [3.8, 4) is 0 Å². The van der Waals surface area contributed by atoms with Crippen molar-refractivity contribution >= 4 is 23.5 Å². The zero-order valence-electron chi connectivity index (χ0n) is 23.9. The Morgan fingerprint density at radius 3 is 2.31 bits per heavy atom. The van der Waals surface area contributed by atoms with Crippen molar-refractivity contribution in [3.05, 3.63) is 83.7 Å². The largest absolute Gasteiger partial charge is 0.453 e. The smallest absolute Gasteiger partial charge is 0.303 e. The monoisotopic (exact) mass is 575 g/mol. The molecular weight excluding hydrogens is 538 g/mol. The van der Waals surface area contributed by atoms with E-state index >= 15 is 0 Å². The number of esters is 1. The molecule has 3 heterocycles. The fourth-order valence-electron chi connectivity index (χ4n) is 5.18. The van der Waals surface area contributed by atoms with Gasteiger partial charge in [-0.05, 0) is 36.2 Å². The Morgan fingerprint density at radius 1 is 1.00 bits per heavy atom. The van der Waals surface area contributed by atoms with Gasteiger partial charge in [-0.1, -0.05) is 36.4 Å². The SMILES string of the molecule is CC(=O)O[C@@H](C)C(=O)Nc1ccc([C@@H]2O[C@H](CN3CCN(c4ncccn4)CC3)C[C@H](c3ccc(CO)cc3)O2)cc1. The molecule has 11 nitrogen and oxygen atoms in total. The molecule has 0 aliphatic carbocycles. The second-order valence-corrected chi connectivity index (χ2v) is 10.5. The molecule has 2 aliphatic heterocycles. The van der Waals surface area contributed by atoms with Crippen molar-refractivity contribution in [2.24, 2.45) is 0 Å². The fraction of sp³-hybridized carbons (Fsp3) is 0.419. The minimum Gasteiger partial charge on any atom is -0.453 e. The minimum absolute atomic E-state index is 0.0112. The third-order valence-electron chi connectivity index (χ3n) is 7.45. The summed E-state index contributed by atoms with van der Waals surface area (Å²) in [6.45, 7) is 6.97. The molecule has 1 aromatic heterocycles. The van der Waals surface area contributed by atoms with E-state index in [1.807, 2.05) is 42.5 Å². The Bertz CT molecular complexity index is 1320. The van der Waals surface area contributed by atoms with Crippen LogP contribution in [0.4, 0.5) is 11.6 Å². The summed E-state index contributed by atoms with van der Waals surface area (Å²) in [7, 11) is 0.